The predicted octanol–water partition coefficient (Wildman–Crippen LogP) is 3.18. The second kappa shape index (κ2) is 3.50. The van der Waals surface area contributed by atoms with E-state index in [1.807, 2.05) is 0 Å². The Labute approximate surface area is 90.9 Å². The zero-order valence-electron chi connectivity index (χ0n) is 8.71. The molecule has 1 aromatic carbocycles. The molecule has 0 aromatic heterocycles. The second-order valence-electron chi connectivity index (χ2n) is 4.33. The Morgan fingerprint density at radius 1 is 1.36 bits per heavy atom. The first-order chi connectivity index (χ1) is 6.57. The quantitative estimate of drug-likeness (QED) is 0.697. The molecule has 0 unspecified atom stereocenters. The molecule has 2 heteroatoms. The van der Waals surface area contributed by atoms with Crippen molar-refractivity contribution in [2.45, 2.75) is 31.4 Å². The van der Waals surface area contributed by atoms with Crippen molar-refractivity contribution in [1.29, 1.82) is 0 Å². The molecule has 0 spiro atoms. The third kappa shape index (κ3) is 1.90. The molecule has 0 fully saturated rings. The summed E-state index contributed by atoms with van der Waals surface area (Å²) < 4.78 is 5.50. The molecule has 0 aliphatic carbocycles. The molecule has 1 nitrogen and oxygen atoms in total. The first-order valence-corrected chi connectivity index (χ1v) is 5.51. The van der Waals surface area contributed by atoms with Gasteiger partial charge < -0.3 is 4.74 Å². The Bertz CT molecular complexity index is 339. The van der Waals surface area contributed by atoms with Crippen LogP contribution in [0.15, 0.2) is 18.2 Å². The van der Waals surface area contributed by atoms with Gasteiger partial charge in [0.1, 0.15) is 5.75 Å². The lowest BCUT2D eigenvalue weighted by atomic mass is 9.96. The average molecular weight is 208 g/mol. The van der Waals surface area contributed by atoms with Crippen LogP contribution in [0.2, 0.25) is 0 Å². The van der Waals surface area contributed by atoms with Gasteiger partial charge in [-0.25, -0.2) is 0 Å². The van der Waals surface area contributed by atoms with Crippen molar-refractivity contribution in [2.75, 3.05) is 6.61 Å². The van der Waals surface area contributed by atoms with E-state index in [2.05, 4.69) is 44.7 Å². The maximum atomic E-state index is 5.57. The smallest absolute Gasteiger partial charge is 0.122 e. The van der Waals surface area contributed by atoms with Crippen LogP contribution in [0.5, 0.6) is 5.75 Å². The van der Waals surface area contributed by atoms with Gasteiger partial charge in [0.25, 0.3) is 0 Å². The second-order valence-corrected chi connectivity index (χ2v) is 5.45. The summed E-state index contributed by atoms with van der Waals surface area (Å²) in [5, 5.41) is 0. The standard InChI is InChI=1S/C12H16OS/c1-12(2,14)10-5-6-11-9(8-10)4-3-7-13-11/h5-6,8,14H,3-4,7H2,1-2H3. The minimum Gasteiger partial charge on any atom is -0.493 e. The Morgan fingerprint density at radius 2 is 2.14 bits per heavy atom. The van der Waals surface area contributed by atoms with Gasteiger partial charge in [-0.1, -0.05) is 12.1 Å². The normalized spacial score (nSPS) is 15.9. The highest BCUT2D eigenvalue weighted by atomic mass is 32.1. The molecular formula is C12H16OS. The van der Waals surface area contributed by atoms with Gasteiger partial charge in [-0.2, -0.15) is 12.6 Å². The summed E-state index contributed by atoms with van der Waals surface area (Å²) in [5.41, 5.74) is 2.60. The van der Waals surface area contributed by atoms with Crippen molar-refractivity contribution in [3.8, 4) is 5.75 Å². The monoisotopic (exact) mass is 208 g/mol. The molecule has 1 aromatic rings. The zero-order chi connectivity index (χ0) is 10.2. The first kappa shape index (κ1) is 9.91. The van der Waals surface area contributed by atoms with Gasteiger partial charge in [-0.05, 0) is 43.9 Å². The third-order valence-electron chi connectivity index (χ3n) is 2.61. The van der Waals surface area contributed by atoms with E-state index in [1.54, 1.807) is 0 Å². The van der Waals surface area contributed by atoms with Crippen LogP contribution in [0.3, 0.4) is 0 Å². The van der Waals surface area contributed by atoms with Crippen LogP contribution in [-0.2, 0) is 11.2 Å². The molecule has 1 aliphatic heterocycles. The number of thiol groups is 1. The van der Waals surface area contributed by atoms with Crippen LogP contribution < -0.4 is 4.74 Å². The van der Waals surface area contributed by atoms with Crippen LogP contribution in [0.1, 0.15) is 31.4 Å². The van der Waals surface area contributed by atoms with Crippen LogP contribution in [0.25, 0.3) is 0 Å². The van der Waals surface area contributed by atoms with Gasteiger partial charge >= 0.3 is 0 Å². The molecule has 1 aliphatic rings. The minimum absolute atomic E-state index is 0.0630. The molecule has 0 amide bonds. The molecule has 2 rings (SSSR count). The summed E-state index contributed by atoms with van der Waals surface area (Å²) in [7, 11) is 0. The zero-order valence-corrected chi connectivity index (χ0v) is 9.60. The highest BCUT2D eigenvalue weighted by Gasteiger charge is 2.18. The molecule has 14 heavy (non-hydrogen) atoms. The highest BCUT2D eigenvalue weighted by molar-refractivity contribution is 7.81. The summed E-state index contributed by atoms with van der Waals surface area (Å²) in [4.78, 5) is 0. The molecule has 1 heterocycles. The number of ether oxygens (including phenoxy) is 1. The van der Waals surface area contributed by atoms with Crippen LogP contribution >= 0.6 is 12.6 Å². The van der Waals surface area contributed by atoms with Gasteiger partial charge in [0, 0.05) is 4.75 Å². The lowest BCUT2D eigenvalue weighted by Crippen LogP contribution is -2.12. The Balaban J connectivity index is 2.39. The Hall–Kier alpha value is -0.630. The first-order valence-electron chi connectivity index (χ1n) is 5.06. The molecular weight excluding hydrogens is 192 g/mol. The van der Waals surface area contributed by atoms with Crippen molar-refractivity contribution >= 4 is 12.6 Å². The van der Waals surface area contributed by atoms with Crippen LogP contribution in [0.4, 0.5) is 0 Å². The lowest BCUT2D eigenvalue weighted by molar-refractivity contribution is 0.288. The number of fused-ring (bicyclic) bond motifs is 1. The number of aryl methyl sites for hydroxylation is 1. The number of rotatable bonds is 1. The van der Waals surface area contributed by atoms with Crippen molar-refractivity contribution in [1.82, 2.24) is 0 Å². The van der Waals surface area contributed by atoms with E-state index < -0.39 is 0 Å². The fourth-order valence-corrected chi connectivity index (χ4v) is 1.88. The third-order valence-corrected chi connectivity index (χ3v) is 2.87. The van der Waals surface area contributed by atoms with E-state index in [0.29, 0.717) is 0 Å². The molecule has 0 radical (unpaired) electrons. The van der Waals surface area contributed by atoms with Gasteiger partial charge in [-0.3, -0.25) is 0 Å². The maximum absolute atomic E-state index is 5.57. The molecule has 0 N–H and O–H groups in total. The van der Waals surface area contributed by atoms with E-state index in [0.717, 1.165) is 25.2 Å². The molecule has 0 bridgehead atoms. The van der Waals surface area contributed by atoms with E-state index in [1.165, 1.54) is 11.1 Å². The summed E-state index contributed by atoms with van der Waals surface area (Å²) in [6, 6.07) is 6.40. The van der Waals surface area contributed by atoms with Crippen molar-refractivity contribution < 1.29 is 4.74 Å². The lowest BCUT2D eigenvalue weighted by Gasteiger charge is -2.22. The van der Waals surface area contributed by atoms with E-state index >= 15 is 0 Å². The summed E-state index contributed by atoms with van der Waals surface area (Å²) >= 11 is 4.57. The van der Waals surface area contributed by atoms with Crippen molar-refractivity contribution in [3.63, 3.8) is 0 Å². The number of hydrogen-bond donors (Lipinski definition) is 1. The molecule has 0 saturated heterocycles. The van der Waals surface area contributed by atoms with Crippen LogP contribution in [0, 0.1) is 0 Å². The SMILES string of the molecule is CC(C)(S)c1ccc2c(c1)CCCO2. The van der Waals surface area contributed by atoms with E-state index in [-0.39, 0.29) is 4.75 Å². The number of hydrogen-bond acceptors (Lipinski definition) is 2. The van der Waals surface area contributed by atoms with Gasteiger partial charge in [0.15, 0.2) is 0 Å². The molecule has 0 atom stereocenters. The number of benzene rings is 1. The topological polar surface area (TPSA) is 9.23 Å². The van der Waals surface area contributed by atoms with E-state index in [4.69, 9.17) is 4.74 Å². The fraction of sp³-hybridized carbons (Fsp3) is 0.500. The summed E-state index contributed by atoms with van der Waals surface area (Å²) in [6.07, 6.45) is 2.26. The van der Waals surface area contributed by atoms with Gasteiger partial charge in [-0.15, -0.1) is 0 Å². The van der Waals surface area contributed by atoms with Gasteiger partial charge in [0.05, 0.1) is 6.61 Å². The predicted molar refractivity (Wildman–Crippen MR) is 62.3 cm³/mol. The Morgan fingerprint density at radius 3 is 2.86 bits per heavy atom. The average Bonchev–Trinajstić information content (AvgIpc) is 2.16. The molecule has 0 saturated carbocycles. The Kier molecular flexibility index (Phi) is 2.48. The minimum atomic E-state index is -0.0630. The fourth-order valence-electron chi connectivity index (χ4n) is 1.74. The van der Waals surface area contributed by atoms with Crippen molar-refractivity contribution in [2.24, 2.45) is 0 Å². The van der Waals surface area contributed by atoms with Crippen LogP contribution in [-0.4, -0.2) is 6.61 Å². The van der Waals surface area contributed by atoms with Gasteiger partial charge in [0.2, 0.25) is 0 Å². The van der Waals surface area contributed by atoms with Crippen molar-refractivity contribution in [3.05, 3.63) is 29.3 Å². The summed E-state index contributed by atoms with van der Waals surface area (Å²) in [5.74, 6) is 1.05. The van der Waals surface area contributed by atoms with E-state index in [9.17, 15) is 0 Å². The summed E-state index contributed by atoms with van der Waals surface area (Å²) in [6.45, 7) is 5.08. The molecule has 76 valence electrons. The maximum Gasteiger partial charge on any atom is 0.122 e. The largest absolute Gasteiger partial charge is 0.493 e. The highest BCUT2D eigenvalue weighted by Crippen LogP contribution is 2.32.